The van der Waals surface area contributed by atoms with Gasteiger partial charge in [0.2, 0.25) is 0 Å². The Labute approximate surface area is 229 Å². The number of rotatable bonds is 6. The van der Waals surface area contributed by atoms with E-state index in [9.17, 15) is 9.18 Å². The molecule has 1 aromatic heterocycles. The molecule has 2 heterocycles. The monoisotopic (exact) mass is 550 g/mol. The number of hydrogen-bond donors (Lipinski definition) is 1. The molecule has 5 rings (SSSR count). The van der Waals surface area contributed by atoms with Gasteiger partial charge in [-0.25, -0.2) is 22.9 Å². The Hall–Kier alpha value is -3.49. The summed E-state index contributed by atoms with van der Waals surface area (Å²) in [6.07, 6.45) is 2.57. The van der Waals surface area contributed by atoms with Crippen LogP contribution in [0.4, 0.5) is 13.2 Å². The van der Waals surface area contributed by atoms with Crippen LogP contribution in [0.1, 0.15) is 54.1 Å². The Morgan fingerprint density at radius 2 is 1.79 bits per heavy atom. The second-order valence-electron chi connectivity index (χ2n) is 10.7. The topological polar surface area (TPSA) is 53.4 Å². The third-order valence-corrected chi connectivity index (χ3v) is 7.96. The minimum Gasteiger partial charge on any atom is -0.478 e. The van der Waals surface area contributed by atoms with E-state index in [-0.39, 0.29) is 23.7 Å². The smallest absolute Gasteiger partial charge is 0.328 e. The lowest BCUT2D eigenvalue weighted by Gasteiger charge is -2.44. The molecule has 0 amide bonds. The van der Waals surface area contributed by atoms with Crippen molar-refractivity contribution in [3.8, 4) is 11.1 Å². The van der Waals surface area contributed by atoms with Gasteiger partial charge < -0.3 is 5.11 Å². The van der Waals surface area contributed by atoms with Gasteiger partial charge in [0.25, 0.3) is 0 Å². The molecule has 0 aliphatic carbocycles. The fourth-order valence-corrected chi connectivity index (χ4v) is 6.31. The number of carboxylic acids is 1. The summed E-state index contributed by atoms with van der Waals surface area (Å²) >= 11 is 1.63. The maximum atomic E-state index is 15.6. The second-order valence-corrected chi connectivity index (χ2v) is 12.0. The molecule has 0 saturated carbocycles. The van der Waals surface area contributed by atoms with E-state index in [1.165, 1.54) is 13.8 Å². The van der Waals surface area contributed by atoms with Crippen LogP contribution in [0.5, 0.6) is 0 Å². The number of aromatic nitrogens is 1. The molecule has 1 aliphatic heterocycles. The number of benzene rings is 3. The van der Waals surface area contributed by atoms with E-state index in [4.69, 9.17) is 5.11 Å². The van der Waals surface area contributed by atoms with Crippen LogP contribution < -0.4 is 0 Å². The largest absolute Gasteiger partial charge is 0.478 e. The lowest BCUT2D eigenvalue weighted by Crippen LogP contribution is -2.48. The first kappa shape index (κ1) is 27.1. The number of carbonyl (C=O) groups is 1. The first-order valence-electron chi connectivity index (χ1n) is 12.7. The minimum atomic E-state index is -1.59. The van der Waals surface area contributed by atoms with Crippen molar-refractivity contribution >= 4 is 33.6 Å². The number of alkyl halides is 1. The maximum Gasteiger partial charge on any atom is 0.328 e. The standard InChI is InChI=1S/C31H29F3N2O2S/c1-17-11-22-14-20(21-7-9-26-27(15-21)39-18(2)35-26)6-8-23(22)30(36(17)16-31(3,4)34)29-24(32)12-19(13-25(29)33)5-10-28(37)38/h5-10,12-15,17,30H,11,16H2,1-4H3,(H,37,38)/b10-5+/t17-,30+/m1/s1. The molecule has 0 fully saturated rings. The molecule has 202 valence electrons. The van der Waals surface area contributed by atoms with Gasteiger partial charge in [-0.2, -0.15) is 0 Å². The fraction of sp³-hybridized carbons (Fsp3) is 0.290. The Morgan fingerprint density at radius 1 is 1.13 bits per heavy atom. The molecule has 8 heteroatoms. The van der Waals surface area contributed by atoms with Crippen molar-refractivity contribution in [1.82, 2.24) is 9.88 Å². The van der Waals surface area contributed by atoms with Crippen molar-refractivity contribution in [2.45, 2.75) is 51.9 Å². The average molecular weight is 551 g/mol. The molecule has 4 aromatic rings. The average Bonchev–Trinajstić information content (AvgIpc) is 3.22. The van der Waals surface area contributed by atoms with Crippen molar-refractivity contribution < 1.29 is 23.1 Å². The van der Waals surface area contributed by atoms with Gasteiger partial charge in [0, 0.05) is 24.2 Å². The highest BCUT2D eigenvalue weighted by atomic mass is 32.1. The number of nitrogens with zero attached hydrogens (tertiary/aromatic N) is 2. The number of aryl methyl sites for hydroxylation is 1. The first-order valence-corrected chi connectivity index (χ1v) is 13.6. The Balaban J connectivity index is 1.63. The van der Waals surface area contributed by atoms with Crippen LogP contribution in [0.15, 0.2) is 54.6 Å². The SMILES string of the molecule is Cc1nc2ccc(-c3ccc4c(c3)C[C@@H](C)N(CC(C)(C)F)[C@@H]4c3c(F)cc(/C=C/C(=O)O)cc3F)cc2s1. The van der Waals surface area contributed by atoms with Crippen molar-refractivity contribution in [1.29, 1.82) is 0 Å². The molecular weight excluding hydrogens is 521 g/mol. The zero-order chi connectivity index (χ0) is 28.1. The summed E-state index contributed by atoms with van der Waals surface area (Å²) in [5.41, 5.74) is 2.97. The number of halogens is 3. The van der Waals surface area contributed by atoms with Crippen LogP contribution in [-0.2, 0) is 11.2 Å². The summed E-state index contributed by atoms with van der Waals surface area (Å²) in [7, 11) is 0. The van der Waals surface area contributed by atoms with Crippen LogP contribution >= 0.6 is 11.3 Å². The number of aliphatic carboxylic acids is 1. The van der Waals surface area contributed by atoms with Gasteiger partial charge in [-0.1, -0.05) is 24.3 Å². The number of hydrogen-bond acceptors (Lipinski definition) is 4. The van der Waals surface area contributed by atoms with Crippen LogP contribution in [0.3, 0.4) is 0 Å². The van der Waals surface area contributed by atoms with Gasteiger partial charge >= 0.3 is 5.97 Å². The van der Waals surface area contributed by atoms with Crippen LogP contribution in [0.2, 0.25) is 0 Å². The Morgan fingerprint density at radius 3 is 2.46 bits per heavy atom. The quantitative estimate of drug-likeness (QED) is 0.250. The van der Waals surface area contributed by atoms with Gasteiger partial charge in [0.05, 0.1) is 21.3 Å². The van der Waals surface area contributed by atoms with E-state index < -0.39 is 29.3 Å². The Bertz CT molecular complexity index is 1580. The molecular formula is C31H29F3N2O2S. The third kappa shape index (κ3) is 5.63. The van der Waals surface area contributed by atoms with E-state index in [0.29, 0.717) is 6.42 Å². The molecule has 1 aliphatic rings. The lowest BCUT2D eigenvalue weighted by atomic mass is 9.82. The molecule has 0 spiro atoms. The van der Waals surface area contributed by atoms with E-state index in [2.05, 4.69) is 17.1 Å². The fourth-order valence-electron chi connectivity index (χ4n) is 5.45. The summed E-state index contributed by atoms with van der Waals surface area (Å²) in [4.78, 5) is 17.2. The second kappa shape index (κ2) is 10.2. The summed E-state index contributed by atoms with van der Waals surface area (Å²) in [6.45, 7) is 6.82. The summed E-state index contributed by atoms with van der Waals surface area (Å²) in [5.74, 6) is -2.82. The van der Waals surface area contributed by atoms with Gasteiger partial charge in [-0.15, -0.1) is 11.3 Å². The maximum absolute atomic E-state index is 15.6. The summed E-state index contributed by atoms with van der Waals surface area (Å²) in [5, 5.41) is 9.89. The summed E-state index contributed by atoms with van der Waals surface area (Å²) in [6, 6.07) is 13.2. The highest BCUT2D eigenvalue weighted by molar-refractivity contribution is 7.18. The zero-order valence-corrected chi connectivity index (χ0v) is 23.0. The van der Waals surface area contributed by atoms with E-state index in [1.807, 2.05) is 43.0 Å². The molecule has 4 nitrogen and oxygen atoms in total. The van der Waals surface area contributed by atoms with E-state index >= 15 is 8.78 Å². The van der Waals surface area contributed by atoms with E-state index in [1.54, 1.807) is 11.3 Å². The Kier molecular flexibility index (Phi) is 7.11. The van der Waals surface area contributed by atoms with Crippen molar-refractivity contribution in [3.63, 3.8) is 0 Å². The van der Waals surface area contributed by atoms with Gasteiger partial charge in [-0.05, 0) is 92.3 Å². The summed E-state index contributed by atoms with van der Waals surface area (Å²) < 4.78 is 47.2. The number of carboxylic acid groups (broad SMARTS) is 1. The minimum absolute atomic E-state index is 0.0129. The van der Waals surface area contributed by atoms with Crippen molar-refractivity contribution in [2.75, 3.05) is 6.54 Å². The predicted octanol–water partition coefficient (Wildman–Crippen LogP) is 7.73. The highest BCUT2D eigenvalue weighted by Crippen LogP contribution is 2.42. The first-order chi connectivity index (χ1) is 18.4. The number of thiazole rings is 1. The van der Waals surface area contributed by atoms with Crippen molar-refractivity contribution in [2.24, 2.45) is 0 Å². The highest BCUT2D eigenvalue weighted by Gasteiger charge is 2.39. The van der Waals surface area contributed by atoms with Crippen LogP contribution in [0, 0.1) is 18.6 Å². The molecule has 1 N–H and O–H groups in total. The molecule has 39 heavy (non-hydrogen) atoms. The van der Waals surface area contributed by atoms with Crippen LogP contribution in [-0.4, -0.2) is 39.2 Å². The van der Waals surface area contributed by atoms with Crippen LogP contribution in [0.25, 0.3) is 27.4 Å². The molecule has 3 aromatic carbocycles. The van der Waals surface area contributed by atoms with E-state index in [0.717, 1.165) is 61.8 Å². The number of fused-ring (bicyclic) bond motifs is 2. The third-order valence-electron chi connectivity index (χ3n) is 7.03. The lowest BCUT2D eigenvalue weighted by molar-refractivity contribution is -0.131. The molecule has 0 radical (unpaired) electrons. The van der Waals surface area contributed by atoms with Gasteiger partial charge in [-0.3, -0.25) is 4.90 Å². The normalized spacial score (nSPS) is 18.1. The van der Waals surface area contributed by atoms with Crippen molar-refractivity contribution in [3.05, 3.63) is 93.5 Å². The molecule has 0 unspecified atom stereocenters. The molecule has 0 bridgehead atoms. The molecule has 0 saturated heterocycles. The zero-order valence-electron chi connectivity index (χ0n) is 22.1. The predicted molar refractivity (Wildman–Crippen MR) is 150 cm³/mol. The van der Waals surface area contributed by atoms with Gasteiger partial charge in [0.15, 0.2) is 0 Å². The van der Waals surface area contributed by atoms with Gasteiger partial charge in [0.1, 0.15) is 17.3 Å². The molecule has 2 atom stereocenters.